The van der Waals surface area contributed by atoms with E-state index in [0.717, 1.165) is 22.6 Å². The third kappa shape index (κ3) is 5.72. The van der Waals surface area contributed by atoms with Gasteiger partial charge in [-0.3, -0.25) is 0 Å². The summed E-state index contributed by atoms with van der Waals surface area (Å²) >= 11 is 0. The molecular weight excluding hydrogens is 352 g/mol. The second-order valence-corrected chi connectivity index (χ2v) is 6.42. The second kappa shape index (κ2) is 10.3. The zero-order chi connectivity index (χ0) is 19.6. The monoisotopic (exact) mass is 378 g/mol. The molecule has 0 fully saturated rings. The van der Waals surface area contributed by atoms with Gasteiger partial charge in [-0.2, -0.15) is 0 Å². The third-order valence-electron chi connectivity index (χ3n) is 4.27. The molecule has 5 heteroatoms. The van der Waals surface area contributed by atoms with Gasteiger partial charge in [-0.15, -0.1) is 0 Å². The predicted octanol–water partition coefficient (Wildman–Crippen LogP) is 4.15. The zero-order valence-electron chi connectivity index (χ0n) is 16.4. The minimum atomic E-state index is 0.496. The van der Waals surface area contributed by atoms with Crippen LogP contribution in [0.5, 0.6) is 17.4 Å². The Balaban J connectivity index is 1.55. The van der Waals surface area contributed by atoms with Crippen molar-refractivity contribution in [2.75, 3.05) is 20.3 Å². The first-order valence-electron chi connectivity index (χ1n) is 9.35. The van der Waals surface area contributed by atoms with Crippen LogP contribution in [0, 0.1) is 6.92 Å². The van der Waals surface area contributed by atoms with E-state index < -0.39 is 0 Å². The third-order valence-corrected chi connectivity index (χ3v) is 4.27. The van der Waals surface area contributed by atoms with E-state index in [-0.39, 0.29) is 0 Å². The number of para-hydroxylation sites is 1. The number of nitrogens with one attached hydrogen (secondary N) is 1. The van der Waals surface area contributed by atoms with Gasteiger partial charge in [0.2, 0.25) is 5.88 Å². The fraction of sp³-hybridized carbons (Fsp3) is 0.261. The molecule has 146 valence electrons. The molecule has 0 unspecified atom stereocenters. The van der Waals surface area contributed by atoms with Crippen molar-refractivity contribution in [1.29, 1.82) is 0 Å². The molecule has 1 N–H and O–H groups in total. The van der Waals surface area contributed by atoms with E-state index in [2.05, 4.69) is 41.5 Å². The molecule has 0 aliphatic heterocycles. The summed E-state index contributed by atoms with van der Waals surface area (Å²) in [5.41, 5.74) is 3.40. The number of methoxy groups -OCH3 is 1. The highest BCUT2D eigenvalue weighted by Crippen LogP contribution is 2.31. The maximum atomic E-state index is 6.11. The summed E-state index contributed by atoms with van der Waals surface area (Å²) in [4.78, 5) is 4.14. The molecule has 0 saturated carbocycles. The van der Waals surface area contributed by atoms with E-state index in [1.165, 1.54) is 5.56 Å². The summed E-state index contributed by atoms with van der Waals surface area (Å²) < 4.78 is 17.2. The Bertz CT molecular complexity index is 851. The molecule has 2 aromatic carbocycles. The first-order chi connectivity index (χ1) is 13.8. The van der Waals surface area contributed by atoms with Crippen LogP contribution < -0.4 is 19.5 Å². The summed E-state index contributed by atoms with van der Waals surface area (Å²) in [7, 11) is 1.66. The smallest absolute Gasteiger partial charge is 0.213 e. The van der Waals surface area contributed by atoms with E-state index in [4.69, 9.17) is 14.2 Å². The van der Waals surface area contributed by atoms with E-state index in [9.17, 15) is 0 Å². The molecule has 0 radical (unpaired) electrons. The molecule has 0 saturated heterocycles. The van der Waals surface area contributed by atoms with Gasteiger partial charge in [-0.05, 0) is 24.6 Å². The van der Waals surface area contributed by atoms with Gasteiger partial charge in [0.1, 0.15) is 13.2 Å². The number of ether oxygens (including phenoxy) is 3. The van der Waals surface area contributed by atoms with Crippen LogP contribution in [0.3, 0.4) is 0 Å². The highest BCUT2D eigenvalue weighted by Gasteiger charge is 2.11. The minimum absolute atomic E-state index is 0.496. The van der Waals surface area contributed by atoms with Gasteiger partial charge in [0.15, 0.2) is 11.5 Å². The lowest BCUT2D eigenvalue weighted by Gasteiger charge is -2.16. The van der Waals surface area contributed by atoms with Crippen LogP contribution in [0.2, 0.25) is 0 Å². The van der Waals surface area contributed by atoms with Crippen molar-refractivity contribution < 1.29 is 14.2 Å². The lowest BCUT2D eigenvalue weighted by Crippen LogP contribution is -2.21. The number of hydrogen-bond donors (Lipinski definition) is 1. The largest absolute Gasteiger partial charge is 0.493 e. The van der Waals surface area contributed by atoms with Crippen LogP contribution in [0.4, 0.5) is 0 Å². The number of benzene rings is 2. The SMILES string of the molecule is COc1cccc(CNCCOc2ccccn2)c1OCc1ccc(C)cc1. The Morgan fingerprint density at radius 1 is 0.929 bits per heavy atom. The van der Waals surface area contributed by atoms with Gasteiger partial charge in [0.25, 0.3) is 0 Å². The fourth-order valence-corrected chi connectivity index (χ4v) is 2.75. The molecule has 5 nitrogen and oxygen atoms in total. The van der Waals surface area contributed by atoms with Crippen LogP contribution in [-0.2, 0) is 13.2 Å². The van der Waals surface area contributed by atoms with Crippen molar-refractivity contribution in [2.45, 2.75) is 20.1 Å². The van der Waals surface area contributed by atoms with Gasteiger partial charge < -0.3 is 19.5 Å². The van der Waals surface area contributed by atoms with E-state index in [1.807, 2.05) is 36.4 Å². The van der Waals surface area contributed by atoms with Crippen LogP contribution >= 0.6 is 0 Å². The van der Waals surface area contributed by atoms with Crippen molar-refractivity contribution in [3.8, 4) is 17.4 Å². The maximum Gasteiger partial charge on any atom is 0.213 e. The molecule has 1 aromatic heterocycles. The minimum Gasteiger partial charge on any atom is -0.493 e. The summed E-state index contributed by atoms with van der Waals surface area (Å²) in [6.45, 7) is 4.47. The molecule has 0 aliphatic rings. The Hall–Kier alpha value is -3.05. The maximum absolute atomic E-state index is 6.11. The van der Waals surface area contributed by atoms with Gasteiger partial charge >= 0.3 is 0 Å². The van der Waals surface area contributed by atoms with E-state index >= 15 is 0 Å². The summed E-state index contributed by atoms with van der Waals surface area (Å²) in [5, 5.41) is 3.38. The van der Waals surface area contributed by atoms with Gasteiger partial charge in [0, 0.05) is 30.9 Å². The number of rotatable bonds is 10. The highest BCUT2D eigenvalue weighted by molar-refractivity contribution is 5.46. The van der Waals surface area contributed by atoms with Crippen LogP contribution in [0.15, 0.2) is 66.9 Å². The lowest BCUT2D eigenvalue weighted by molar-refractivity contribution is 0.278. The number of pyridine rings is 1. The highest BCUT2D eigenvalue weighted by atomic mass is 16.5. The Kier molecular flexibility index (Phi) is 7.27. The quantitative estimate of drug-likeness (QED) is 0.537. The van der Waals surface area contributed by atoms with Crippen LogP contribution in [-0.4, -0.2) is 25.2 Å². The van der Waals surface area contributed by atoms with Gasteiger partial charge in [-0.1, -0.05) is 48.0 Å². The Morgan fingerprint density at radius 2 is 1.79 bits per heavy atom. The Morgan fingerprint density at radius 3 is 2.54 bits per heavy atom. The number of nitrogens with zero attached hydrogens (tertiary/aromatic N) is 1. The molecule has 0 spiro atoms. The molecule has 28 heavy (non-hydrogen) atoms. The molecule has 3 aromatic rings. The summed E-state index contributed by atoms with van der Waals surface area (Å²) in [6.07, 6.45) is 1.72. The number of aromatic nitrogens is 1. The predicted molar refractivity (Wildman–Crippen MR) is 110 cm³/mol. The molecule has 0 atom stereocenters. The molecule has 1 heterocycles. The van der Waals surface area contributed by atoms with Crippen LogP contribution in [0.25, 0.3) is 0 Å². The molecular formula is C23H26N2O3. The first-order valence-corrected chi connectivity index (χ1v) is 9.35. The van der Waals surface area contributed by atoms with Crippen molar-refractivity contribution in [3.05, 3.63) is 83.6 Å². The normalized spacial score (nSPS) is 10.5. The van der Waals surface area contributed by atoms with Crippen molar-refractivity contribution in [2.24, 2.45) is 0 Å². The van der Waals surface area contributed by atoms with Gasteiger partial charge in [-0.25, -0.2) is 4.98 Å². The van der Waals surface area contributed by atoms with E-state index in [0.29, 0.717) is 32.2 Å². The Labute approximate surface area is 166 Å². The summed E-state index contributed by atoms with van der Waals surface area (Å²) in [6, 6.07) is 19.9. The van der Waals surface area contributed by atoms with Crippen molar-refractivity contribution in [3.63, 3.8) is 0 Å². The molecule has 3 rings (SSSR count). The van der Waals surface area contributed by atoms with Crippen molar-refractivity contribution >= 4 is 0 Å². The fourth-order valence-electron chi connectivity index (χ4n) is 2.75. The topological polar surface area (TPSA) is 52.6 Å². The standard InChI is InChI=1S/C23H26N2O3/c1-18-9-11-19(12-10-18)17-28-23-20(6-5-7-21(23)26-2)16-24-14-15-27-22-8-3-4-13-25-22/h3-13,24H,14-17H2,1-2H3. The van der Waals surface area contributed by atoms with Gasteiger partial charge in [0.05, 0.1) is 7.11 Å². The first kappa shape index (κ1) is 19.7. The van der Waals surface area contributed by atoms with Crippen molar-refractivity contribution in [1.82, 2.24) is 10.3 Å². The molecule has 0 bridgehead atoms. The number of aryl methyl sites for hydroxylation is 1. The average molecular weight is 378 g/mol. The zero-order valence-corrected chi connectivity index (χ0v) is 16.4. The summed E-state index contributed by atoms with van der Waals surface area (Å²) in [5.74, 6) is 2.13. The molecule has 0 aliphatic carbocycles. The number of hydrogen-bond acceptors (Lipinski definition) is 5. The lowest BCUT2D eigenvalue weighted by atomic mass is 10.1. The average Bonchev–Trinajstić information content (AvgIpc) is 2.74. The second-order valence-electron chi connectivity index (χ2n) is 6.42. The molecule has 0 amide bonds. The van der Waals surface area contributed by atoms with E-state index in [1.54, 1.807) is 13.3 Å². The van der Waals surface area contributed by atoms with Crippen LogP contribution in [0.1, 0.15) is 16.7 Å².